The zero-order valence-corrected chi connectivity index (χ0v) is 17.3. The largest absolute Gasteiger partial charge is 0.507 e. The molecule has 0 bridgehead atoms. The fourth-order valence-electron chi connectivity index (χ4n) is 3.23. The molecule has 1 aliphatic heterocycles. The molecule has 2 aromatic carbocycles. The molecule has 1 N–H and O–H groups in total. The van der Waals surface area contributed by atoms with Gasteiger partial charge in [-0.25, -0.2) is 0 Å². The summed E-state index contributed by atoms with van der Waals surface area (Å²) in [7, 11) is 3.03. The van der Waals surface area contributed by atoms with Crippen LogP contribution in [0.3, 0.4) is 0 Å². The molecule has 29 heavy (non-hydrogen) atoms. The third kappa shape index (κ3) is 4.10. The Bertz CT molecular complexity index is 972. The molecular formula is C21H19Cl2NO5. The number of benzene rings is 2. The predicted octanol–water partition coefficient (Wildman–Crippen LogP) is 4.07. The molecule has 0 radical (unpaired) electrons. The highest BCUT2D eigenvalue weighted by atomic mass is 35.5. The molecule has 0 spiro atoms. The van der Waals surface area contributed by atoms with E-state index in [2.05, 4.69) is 0 Å². The molecule has 1 heterocycles. The number of carbonyl (C=O) groups excluding carboxylic acids is 2. The fraction of sp³-hybridized carbons (Fsp3) is 0.238. The Labute approximate surface area is 178 Å². The Hall–Kier alpha value is -2.54. The first-order valence-corrected chi connectivity index (χ1v) is 9.51. The molecule has 0 saturated carbocycles. The molecule has 1 amide bonds. The maximum atomic E-state index is 12.8. The van der Waals surface area contributed by atoms with E-state index in [0.717, 1.165) is 0 Å². The van der Waals surface area contributed by atoms with Crippen LogP contribution in [0.25, 0.3) is 5.76 Å². The summed E-state index contributed by atoms with van der Waals surface area (Å²) in [4.78, 5) is 26.9. The third-order valence-corrected chi connectivity index (χ3v) is 5.44. The Balaban J connectivity index is 2.15. The lowest BCUT2D eigenvalue weighted by Gasteiger charge is -2.25. The minimum absolute atomic E-state index is 0.0188. The minimum Gasteiger partial charge on any atom is -0.507 e. The van der Waals surface area contributed by atoms with Gasteiger partial charge in [-0.1, -0.05) is 29.3 Å². The summed E-state index contributed by atoms with van der Waals surface area (Å²) in [5.74, 6) is -1.16. The van der Waals surface area contributed by atoms with Crippen LogP contribution in [-0.4, -0.2) is 49.1 Å². The van der Waals surface area contributed by atoms with Gasteiger partial charge in [0, 0.05) is 19.2 Å². The molecule has 152 valence electrons. The molecule has 1 fully saturated rings. The van der Waals surface area contributed by atoms with Crippen molar-refractivity contribution in [3.63, 3.8) is 0 Å². The number of likely N-dealkylation sites (tertiary alicyclic amines) is 1. The molecule has 2 aromatic rings. The van der Waals surface area contributed by atoms with Crippen molar-refractivity contribution in [2.45, 2.75) is 6.04 Å². The van der Waals surface area contributed by atoms with Crippen molar-refractivity contribution in [2.24, 2.45) is 0 Å². The van der Waals surface area contributed by atoms with E-state index >= 15 is 0 Å². The average molecular weight is 436 g/mol. The van der Waals surface area contributed by atoms with Crippen molar-refractivity contribution in [3.8, 4) is 5.75 Å². The van der Waals surface area contributed by atoms with Gasteiger partial charge in [0.05, 0.1) is 35.4 Å². The van der Waals surface area contributed by atoms with E-state index in [9.17, 15) is 14.7 Å². The number of hydrogen-bond acceptors (Lipinski definition) is 5. The number of methoxy groups -OCH3 is 2. The zero-order valence-electron chi connectivity index (χ0n) is 15.8. The number of Topliss-reactive ketones (excluding diaryl/α,β-unsaturated/α-hetero) is 1. The Morgan fingerprint density at radius 1 is 1.07 bits per heavy atom. The second kappa shape index (κ2) is 8.86. The molecule has 3 rings (SSSR count). The van der Waals surface area contributed by atoms with Gasteiger partial charge in [-0.15, -0.1) is 0 Å². The summed E-state index contributed by atoms with van der Waals surface area (Å²) in [6, 6.07) is 10.6. The lowest BCUT2D eigenvalue weighted by Crippen LogP contribution is -2.32. The SMILES string of the molecule is COCCN1C(=O)C(=O)/C(=C(/O)c2ccc(OC)cc2)C1c1ccc(Cl)c(Cl)c1. The Kier molecular flexibility index (Phi) is 6.47. The average Bonchev–Trinajstić information content (AvgIpc) is 2.98. The Morgan fingerprint density at radius 3 is 2.34 bits per heavy atom. The van der Waals surface area contributed by atoms with Crippen LogP contribution >= 0.6 is 23.2 Å². The van der Waals surface area contributed by atoms with Crippen LogP contribution in [0.1, 0.15) is 17.2 Å². The number of aliphatic hydroxyl groups excluding tert-OH is 1. The summed E-state index contributed by atoms with van der Waals surface area (Å²) in [5.41, 5.74) is 0.931. The van der Waals surface area contributed by atoms with Crippen molar-refractivity contribution < 1.29 is 24.2 Å². The Morgan fingerprint density at radius 2 is 1.76 bits per heavy atom. The highest BCUT2D eigenvalue weighted by Gasteiger charge is 2.46. The van der Waals surface area contributed by atoms with Gasteiger partial charge < -0.3 is 19.5 Å². The number of nitrogens with zero attached hydrogens (tertiary/aromatic N) is 1. The maximum Gasteiger partial charge on any atom is 0.295 e. The van der Waals surface area contributed by atoms with Crippen LogP contribution in [0.15, 0.2) is 48.0 Å². The van der Waals surface area contributed by atoms with Gasteiger partial charge in [-0.2, -0.15) is 0 Å². The summed E-state index contributed by atoms with van der Waals surface area (Å²) in [6.07, 6.45) is 0. The lowest BCUT2D eigenvalue weighted by atomic mass is 9.95. The van der Waals surface area contributed by atoms with Gasteiger partial charge in [0.15, 0.2) is 0 Å². The normalized spacial score (nSPS) is 18.3. The number of aliphatic hydroxyl groups is 1. The van der Waals surface area contributed by atoms with Gasteiger partial charge in [-0.05, 0) is 42.0 Å². The zero-order chi connectivity index (χ0) is 21.1. The molecule has 1 unspecified atom stereocenters. The molecule has 0 aliphatic carbocycles. The number of carbonyl (C=O) groups is 2. The topological polar surface area (TPSA) is 76.1 Å². The van der Waals surface area contributed by atoms with Crippen molar-refractivity contribution in [2.75, 3.05) is 27.4 Å². The van der Waals surface area contributed by atoms with E-state index in [1.165, 1.54) is 19.1 Å². The molecule has 1 saturated heterocycles. The third-order valence-electron chi connectivity index (χ3n) is 4.70. The first-order chi connectivity index (χ1) is 13.9. The van der Waals surface area contributed by atoms with Crippen LogP contribution in [0.5, 0.6) is 5.75 Å². The van der Waals surface area contributed by atoms with Crippen LogP contribution in [0, 0.1) is 0 Å². The number of rotatable bonds is 6. The van der Waals surface area contributed by atoms with Crippen molar-refractivity contribution in [3.05, 3.63) is 69.2 Å². The van der Waals surface area contributed by atoms with Gasteiger partial charge in [0.1, 0.15) is 11.5 Å². The summed E-state index contributed by atoms with van der Waals surface area (Å²) >= 11 is 12.2. The highest BCUT2D eigenvalue weighted by Crippen LogP contribution is 2.40. The summed E-state index contributed by atoms with van der Waals surface area (Å²) in [5, 5.41) is 11.5. The first-order valence-electron chi connectivity index (χ1n) is 8.75. The van der Waals surface area contributed by atoms with Crippen molar-refractivity contribution in [1.29, 1.82) is 0 Å². The summed E-state index contributed by atoms with van der Waals surface area (Å²) < 4.78 is 10.2. The second-order valence-corrected chi connectivity index (χ2v) is 7.20. The molecule has 6 nitrogen and oxygen atoms in total. The first kappa shape index (κ1) is 21.2. The number of amides is 1. The van der Waals surface area contributed by atoms with Crippen molar-refractivity contribution >= 4 is 40.7 Å². The second-order valence-electron chi connectivity index (χ2n) is 6.39. The van der Waals surface area contributed by atoms with E-state index in [-0.39, 0.29) is 29.5 Å². The van der Waals surface area contributed by atoms with Crippen LogP contribution in [0.2, 0.25) is 10.0 Å². The molecular weight excluding hydrogens is 417 g/mol. The van der Waals surface area contributed by atoms with Crippen LogP contribution in [0.4, 0.5) is 0 Å². The van der Waals surface area contributed by atoms with E-state index in [1.54, 1.807) is 42.5 Å². The fourth-order valence-corrected chi connectivity index (χ4v) is 3.54. The molecule has 8 heteroatoms. The van der Waals surface area contributed by atoms with Gasteiger partial charge >= 0.3 is 0 Å². The maximum absolute atomic E-state index is 12.8. The molecule has 1 aliphatic rings. The van der Waals surface area contributed by atoms with E-state index in [4.69, 9.17) is 32.7 Å². The standard InChI is InChI=1S/C21H19Cl2NO5/c1-28-10-9-24-18(13-5-8-15(22)16(23)11-13)17(20(26)21(24)27)19(25)12-3-6-14(29-2)7-4-12/h3-8,11,18,25H,9-10H2,1-2H3/b19-17+. The van der Waals surface area contributed by atoms with E-state index < -0.39 is 17.7 Å². The van der Waals surface area contributed by atoms with Crippen LogP contribution in [-0.2, 0) is 14.3 Å². The number of ether oxygens (including phenoxy) is 2. The minimum atomic E-state index is -0.818. The number of halogens is 2. The smallest absolute Gasteiger partial charge is 0.295 e. The monoisotopic (exact) mass is 435 g/mol. The number of ketones is 1. The molecule has 0 aromatic heterocycles. The summed E-state index contributed by atoms with van der Waals surface area (Å²) in [6.45, 7) is 0.402. The number of hydrogen-bond donors (Lipinski definition) is 1. The predicted molar refractivity (Wildman–Crippen MR) is 110 cm³/mol. The van der Waals surface area contributed by atoms with Gasteiger partial charge in [0.2, 0.25) is 0 Å². The van der Waals surface area contributed by atoms with Crippen LogP contribution < -0.4 is 4.74 Å². The van der Waals surface area contributed by atoms with Gasteiger partial charge in [0.25, 0.3) is 11.7 Å². The quantitative estimate of drug-likeness (QED) is 0.420. The van der Waals surface area contributed by atoms with E-state index in [0.29, 0.717) is 21.9 Å². The van der Waals surface area contributed by atoms with Crippen molar-refractivity contribution in [1.82, 2.24) is 4.90 Å². The van der Waals surface area contributed by atoms with Gasteiger partial charge in [-0.3, -0.25) is 9.59 Å². The lowest BCUT2D eigenvalue weighted by molar-refractivity contribution is -0.140. The molecule has 1 atom stereocenters. The highest BCUT2D eigenvalue weighted by molar-refractivity contribution is 6.46. The van der Waals surface area contributed by atoms with E-state index in [1.807, 2.05) is 0 Å².